The van der Waals surface area contributed by atoms with Gasteiger partial charge in [-0.05, 0) is 47.5 Å². The Bertz CT molecular complexity index is 1260. The van der Waals surface area contributed by atoms with Crippen LogP contribution in [0.15, 0.2) is 65.6 Å². The summed E-state index contributed by atoms with van der Waals surface area (Å²) in [5, 5.41) is 12.5. The SMILES string of the molecule is CCS(=O)(=O)c1ccc(CC(=O)Nc2cc(Cl)c(-c3cccc(C#N)c3)c(Cl)c2)cc1. The molecule has 3 aromatic rings. The van der Waals surface area contributed by atoms with E-state index in [0.717, 1.165) is 0 Å². The van der Waals surface area contributed by atoms with Crippen LogP contribution >= 0.6 is 23.2 Å². The van der Waals surface area contributed by atoms with E-state index in [-0.39, 0.29) is 23.0 Å². The predicted octanol–water partition coefficient (Wildman–Crippen LogP) is 5.51. The molecule has 0 radical (unpaired) electrons. The van der Waals surface area contributed by atoms with Crippen molar-refractivity contribution in [3.8, 4) is 17.2 Å². The lowest BCUT2D eigenvalue weighted by molar-refractivity contribution is -0.115. The van der Waals surface area contributed by atoms with Crippen molar-refractivity contribution in [1.82, 2.24) is 0 Å². The Balaban J connectivity index is 1.76. The molecule has 0 heterocycles. The molecule has 158 valence electrons. The average Bonchev–Trinajstić information content (AvgIpc) is 2.73. The van der Waals surface area contributed by atoms with Gasteiger partial charge in [0.25, 0.3) is 0 Å². The van der Waals surface area contributed by atoms with Crippen LogP contribution in [0.1, 0.15) is 18.1 Å². The minimum atomic E-state index is -3.28. The van der Waals surface area contributed by atoms with E-state index in [1.165, 1.54) is 12.1 Å². The molecule has 0 saturated heterocycles. The number of carbonyl (C=O) groups excluding carboxylic acids is 1. The van der Waals surface area contributed by atoms with Crippen LogP contribution in [0.3, 0.4) is 0 Å². The first-order valence-corrected chi connectivity index (χ1v) is 11.8. The van der Waals surface area contributed by atoms with Crippen molar-refractivity contribution in [2.45, 2.75) is 18.2 Å². The van der Waals surface area contributed by atoms with Gasteiger partial charge in [0.1, 0.15) is 0 Å². The van der Waals surface area contributed by atoms with Crippen molar-refractivity contribution in [3.05, 3.63) is 81.8 Å². The molecule has 5 nitrogen and oxygen atoms in total. The third-order valence-electron chi connectivity index (χ3n) is 4.63. The normalized spacial score (nSPS) is 11.0. The molecule has 1 amide bonds. The Labute approximate surface area is 191 Å². The van der Waals surface area contributed by atoms with Crippen LogP contribution in [0, 0.1) is 11.3 Å². The molecule has 0 spiro atoms. The molecule has 8 heteroatoms. The van der Waals surface area contributed by atoms with E-state index in [1.807, 2.05) is 0 Å². The number of nitrogens with zero attached hydrogens (tertiary/aromatic N) is 1. The molecule has 0 aliphatic rings. The fourth-order valence-corrected chi connectivity index (χ4v) is 4.63. The number of hydrogen-bond donors (Lipinski definition) is 1. The lowest BCUT2D eigenvalue weighted by Crippen LogP contribution is -2.14. The zero-order chi connectivity index (χ0) is 22.6. The number of halogens is 2. The van der Waals surface area contributed by atoms with Crippen molar-refractivity contribution in [3.63, 3.8) is 0 Å². The maximum atomic E-state index is 12.4. The molecule has 0 unspecified atom stereocenters. The standard InChI is InChI=1S/C23H18Cl2N2O3S/c1-2-31(29,30)19-8-6-15(7-9-19)11-22(28)27-18-12-20(24)23(21(25)13-18)17-5-3-4-16(10-17)14-26/h3-10,12-13H,2,11H2,1H3,(H,27,28). The zero-order valence-electron chi connectivity index (χ0n) is 16.5. The topological polar surface area (TPSA) is 87.0 Å². The van der Waals surface area contributed by atoms with E-state index < -0.39 is 9.84 Å². The van der Waals surface area contributed by atoms with Gasteiger partial charge in [-0.15, -0.1) is 0 Å². The first-order valence-electron chi connectivity index (χ1n) is 9.34. The summed E-state index contributed by atoms with van der Waals surface area (Å²) < 4.78 is 23.8. The molecular weight excluding hydrogens is 455 g/mol. The quantitative estimate of drug-likeness (QED) is 0.512. The molecule has 0 saturated carbocycles. The third-order valence-corrected chi connectivity index (χ3v) is 6.98. The van der Waals surface area contributed by atoms with E-state index in [1.54, 1.807) is 55.5 Å². The summed E-state index contributed by atoms with van der Waals surface area (Å²) in [6.45, 7) is 1.58. The first kappa shape index (κ1) is 22.8. The monoisotopic (exact) mass is 472 g/mol. The summed E-state index contributed by atoms with van der Waals surface area (Å²) in [6.07, 6.45) is 0.0632. The Morgan fingerprint density at radius 3 is 2.26 bits per heavy atom. The summed E-state index contributed by atoms with van der Waals surface area (Å²) in [5.41, 5.74) is 2.88. The molecule has 31 heavy (non-hydrogen) atoms. The fraction of sp³-hybridized carbons (Fsp3) is 0.130. The van der Waals surface area contributed by atoms with Gasteiger partial charge in [-0.25, -0.2) is 8.42 Å². The van der Waals surface area contributed by atoms with E-state index in [9.17, 15) is 13.2 Å². The Morgan fingerprint density at radius 2 is 1.68 bits per heavy atom. The van der Waals surface area contributed by atoms with Gasteiger partial charge in [0.05, 0.1) is 38.7 Å². The van der Waals surface area contributed by atoms with Crippen LogP contribution in [0.4, 0.5) is 5.69 Å². The molecule has 1 N–H and O–H groups in total. The molecule has 3 rings (SSSR count). The number of hydrogen-bond acceptors (Lipinski definition) is 4. The number of carbonyl (C=O) groups is 1. The summed E-state index contributed by atoms with van der Waals surface area (Å²) in [5.74, 6) is -0.275. The summed E-state index contributed by atoms with van der Waals surface area (Å²) in [4.78, 5) is 12.7. The van der Waals surface area contributed by atoms with Crippen molar-refractivity contribution in [1.29, 1.82) is 5.26 Å². The van der Waals surface area contributed by atoms with E-state index in [4.69, 9.17) is 28.5 Å². The average molecular weight is 473 g/mol. The van der Waals surface area contributed by atoms with Crippen LogP contribution in [-0.4, -0.2) is 20.1 Å². The van der Waals surface area contributed by atoms with E-state index in [2.05, 4.69) is 11.4 Å². The number of amides is 1. The Kier molecular flexibility index (Phi) is 7.01. The maximum Gasteiger partial charge on any atom is 0.228 e. The highest BCUT2D eigenvalue weighted by atomic mass is 35.5. The van der Waals surface area contributed by atoms with Crippen LogP contribution < -0.4 is 5.32 Å². The molecule has 0 aliphatic heterocycles. The Morgan fingerprint density at radius 1 is 1.03 bits per heavy atom. The highest BCUT2D eigenvalue weighted by Crippen LogP contribution is 2.37. The first-order chi connectivity index (χ1) is 14.7. The largest absolute Gasteiger partial charge is 0.326 e. The van der Waals surface area contributed by atoms with Crippen molar-refractivity contribution < 1.29 is 13.2 Å². The maximum absolute atomic E-state index is 12.4. The minimum absolute atomic E-state index is 0.0190. The minimum Gasteiger partial charge on any atom is -0.326 e. The van der Waals surface area contributed by atoms with Crippen LogP contribution in [-0.2, 0) is 21.1 Å². The van der Waals surface area contributed by atoms with E-state index in [0.29, 0.717) is 38.0 Å². The summed E-state index contributed by atoms with van der Waals surface area (Å²) in [7, 11) is -3.28. The molecule has 0 aromatic heterocycles. The van der Waals surface area contributed by atoms with Gasteiger partial charge < -0.3 is 5.32 Å². The molecule has 0 aliphatic carbocycles. The van der Waals surface area contributed by atoms with Gasteiger partial charge in [-0.3, -0.25) is 4.79 Å². The van der Waals surface area contributed by atoms with Crippen molar-refractivity contribution in [2.24, 2.45) is 0 Å². The number of nitriles is 1. The van der Waals surface area contributed by atoms with Gasteiger partial charge in [-0.2, -0.15) is 5.26 Å². The zero-order valence-corrected chi connectivity index (χ0v) is 18.9. The van der Waals surface area contributed by atoms with E-state index >= 15 is 0 Å². The molecule has 0 atom stereocenters. The van der Waals surface area contributed by atoms with Crippen molar-refractivity contribution in [2.75, 3.05) is 11.1 Å². The van der Waals surface area contributed by atoms with Gasteiger partial charge in [0.2, 0.25) is 5.91 Å². The van der Waals surface area contributed by atoms with Gasteiger partial charge in [0.15, 0.2) is 9.84 Å². The van der Waals surface area contributed by atoms with Crippen LogP contribution in [0.25, 0.3) is 11.1 Å². The third kappa shape index (κ3) is 5.45. The lowest BCUT2D eigenvalue weighted by Gasteiger charge is -2.12. The number of benzene rings is 3. The highest BCUT2D eigenvalue weighted by Gasteiger charge is 2.14. The smallest absolute Gasteiger partial charge is 0.228 e. The second kappa shape index (κ2) is 9.52. The lowest BCUT2D eigenvalue weighted by atomic mass is 10.0. The molecule has 3 aromatic carbocycles. The molecule has 0 bridgehead atoms. The number of anilines is 1. The molecular formula is C23H18Cl2N2O3S. The number of sulfone groups is 1. The highest BCUT2D eigenvalue weighted by molar-refractivity contribution is 7.91. The van der Waals surface area contributed by atoms with Gasteiger partial charge in [-0.1, -0.05) is 54.4 Å². The van der Waals surface area contributed by atoms with Gasteiger partial charge in [0, 0.05) is 11.3 Å². The molecule has 0 fully saturated rings. The number of rotatable bonds is 6. The fourth-order valence-electron chi connectivity index (χ4n) is 3.04. The van der Waals surface area contributed by atoms with Crippen LogP contribution in [0.2, 0.25) is 10.0 Å². The van der Waals surface area contributed by atoms with Crippen molar-refractivity contribution >= 4 is 44.6 Å². The second-order valence-electron chi connectivity index (χ2n) is 6.78. The second-order valence-corrected chi connectivity index (χ2v) is 9.87. The Hall–Kier alpha value is -2.85. The van der Waals surface area contributed by atoms with Gasteiger partial charge >= 0.3 is 0 Å². The number of nitrogens with one attached hydrogen (secondary N) is 1. The van der Waals surface area contributed by atoms with Crippen LogP contribution in [0.5, 0.6) is 0 Å². The predicted molar refractivity (Wildman–Crippen MR) is 123 cm³/mol. The summed E-state index contributed by atoms with van der Waals surface area (Å²) in [6, 6.07) is 18.4. The summed E-state index contributed by atoms with van der Waals surface area (Å²) >= 11 is 12.8.